The number of fused-ring (bicyclic) bond motifs is 1. The van der Waals surface area contributed by atoms with Gasteiger partial charge in [-0.05, 0) is 25.0 Å². The quantitative estimate of drug-likeness (QED) is 0.742. The first kappa shape index (κ1) is 17.9. The number of methoxy groups -OCH3 is 1. The van der Waals surface area contributed by atoms with Crippen molar-refractivity contribution in [2.75, 3.05) is 26.8 Å². The van der Waals surface area contributed by atoms with Gasteiger partial charge in [0.25, 0.3) is 5.91 Å². The van der Waals surface area contributed by atoms with E-state index in [9.17, 15) is 14.4 Å². The zero-order chi connectivity index (χ0) is 18.5. The number of hydrogen-bond donors (Lipinski definition) is 0. The average molecular weight is 360 g/mol. The fraction of sp³-hybridized carbons (Fsp3) is 0.444. The van der Waals surface area contributed by atoms with E-state index < -0.39 is 5.97 Å². The van der Waals surface area contributed by atoms with Gasteiger partial charge in [0, 0.05) is 18.5 Å². The van der Waals surface area contributed by atoms with Crippen molar-refractivity contribution >= 4 is 28.8 Å². The van der Waals surface area contributed by atoms with Crippen LogP contribution in [-0.4, -0.2) is 54.7 Å². The van der Waals surface area contributed by atoms with Gasteiger partial charge in [-0.1, -0.05) is 17.3 Å². The number of nitrogens with zero attached hydrogens (tertiary/aromatic N) is 2. The Balaban J connectivity index is 1.46. The minimum atomic E-state index is -0.540. The summed E-state index contributed by atoms with van der Waals surface area (Å²) in [5, 5.41) is 4.62. The van der Waals surface area contributed by atoms with Crippen LogP contribution in [0, 0.1) is 5.92 Å². The van der Waals surface area contributed by atoms with Crippen molar-refractivity contribution in [3.8, 4) is 0 Å². The molecule has 26 heavy (non-hydrogen) atoms. The van der Waals surface area contributed by atoms with Gasteiger partial charge >= 0.3 is 11.9 Å². The molecule has 1 aliphatic heterocycles. The normalized spacial score (nSPS) is 15.0. The number of benzene rings is 1. The molecular weight excluding hydrogens is 340 g/mol. The van der Waals surface area contributed by atoms with Crippen LogP contribution in [0.5, 0.6) is 0 Å². The molecule has 1 amide bonds. The summed E-state index contributed by atoms with van der Waals surface area (Å²) >= 11 is 0. The number of carbonyl (C=O) groups is 3. The zero-order valence-corrected chi connectivity index (χ0v) is 14.5. The van der Waals surface area contributed by atoms with Gasteiger partial charge in [0.05, 0.1) is 19.4 Å². The smallest absolute Gasteiger partial charge is 0.312 e. The first-order valence-corrected chi connectivity index (χ1v) is 8.43. The first-order valence-electron chi connectivity index (χ1n) is 8.43. The van der Waals surface area contributed by atoms with E-state index in [1.807, 2.05) is 18.2 Å². The maximum absolute atomic E-state index is 12.2. The van der Waals surface area contributed by atoms with Crippen LogP contribution >= 0.6 is 0 Å². The number of esters is 2. The van der Waals surface area contributed by atoms with Gasteiger partial charge < -0.3 is 18.9 Å². The molecule has 0 radical (unpaired) electrons. The second-order valence-electron chi connectivity index (χ2n) is 6.14. The summed E-state index contributed by atoms with van der Waals surface area (Å²) in [7, 11) is 1.36. The Morgan fingerprint density at radius 2 is 1.96 bits per heavy atom. The van der Waals surface area contributed by atoms with E-state index in [1.165, 1.54) is 7.11 Å². The molecule has 1 aliphatic rings. The molecule has 0 atom stereocenters. The molecule has 0 aliphatic carbocycles. The molecule has 1 aromatic heterocycles. The van der Waals surface area contributed by atoms with Crippen molar-refractivity contribution in [3.05, 3.63) is 30.0 Å². The lowest BCUT2D eigenvalue weighted by Gasteiger charge is -2.30. The van der Waals surface area contributed by atoms with Crippen molar-refractivity contribution in [2.24, 2.45) is 5.92 Å². The summed E-state index contributed by atoms with van der Waals surface area (Å²) in [6.07, 6.45) is 1.04. The fourth-order valence-corrected chi connectivity index (χ4v) is 3.02. The minimum Gasteiger partial charge on any atom is -0.469 e. The van der Waals surface area contributed by atoms with Gasteiger partial charge in [-0.15, -0.1) is 0 Å². The van der Waals surface area contributed by atoms with Crippen LogP contribution < -0.4 is 0 Å². The van der Waals surface area contributed by atoms with Crippen molar-refractivity contribution in [2.45, 2.75) is 19.3 Å². The maximum Gasteiger partial charge on any atom is 0.312 e. The lowest BCUT2D eigenvalue weighted by Crippen LogP contribution is -2.42. The highest BCUT2D eigenvalue weighted by molar-refractivity contribution is 5.85. The summed E-state index contributed by atoms with van der Waals surface area (Å²) in [5.74, 6) is -1.23. The van der Waals surface area contributed by atoms with Crippen LogP contribution in [0.3, 0.4) is 0 Å². The van der Waals surface area contributed by atoms with Gasteiger partial charge in [-0.2, -0.15) is 0 Å². The third-order valence-corrected chi connectivity index (χ3v) is 4.50. The highest BCUT2D eigenvalue weighted by Gasteiger charge is 2.28. The standard InChI is InChI=1S/C18H20N2O6/c1-24-18(23)12-6-8-20(9-7-12)16(21)11-25-17(22)10-14-13-4-2-3-5-15(13)26-19-14/h2-5,12H,6-11H2,1H3. The highest BCUT2D eigenvalue weighted by Crippen LogP contribution is 2.19. The molecule has 1 saturated heterocycles. The summed E-state index contributed by atoms with van der Waals surface area (Å²) in [6.45, 7) is 0.575. The van der Waals surface area contributed by atoms with E-state index in [0.717, 1.165) is 5.39 Å². The minimum absolute atomic E-state index is 0.0608. The van der Waals surface area contributed by atoms with Crippen LogP contribution in [-0.2, 0) is 30.3 Å². The summed E-state index contributed by atoms with van der Waals surface area (Å²) in [4.78, 5) is 37.2. The zero-order valence-electron chi connectivity index (χ0n) is 14.5. The number of carbonyl (C=O) groups excluding carboxylic acids is 3. The SMILES string of the molecule is COC(=O)C1CCN(C(=O)COC(=O)Cc2noc3ccccc23)CC1. The molecule has 1 fully saturated rings. The van der Waals surface area contributed by atoms with E-state index in [2.05, 4.69) is 5.16 Å². The molecule has 0 N–H and O–H groups in total. The molecule has 0 unspecified atom stereocenters. The Labute approximate surface area is 150 Å². The van der Waals surface area contributed by atoms with E-state index in [1.54, 1.807) is 11.0 Å². The summed E-state index contributed by atoms with van der Waals surface area (Å²) in [6, 6.07) is 7.22. The monoisotopic (exact) mass is 360 g/mol. The van der Waals surface area contributed by atoms with E-state index in [0.29, 0.717) is 37.2 Å². The van der Waals surface area contributed by atoms with Crippen LogP contribution in [0.1, 0.15) is 18.5 Å². The predicted molar refractivity (Wildman–Crippen MR) is 90.0 cm³/mol. The van der Waals surface area contributed by atoms with E-state index in [-0.39, 0.29) is 30.8 Å². The van der Waals surface area contributed by atoms with Gasteiger partial charge in [0.1, 0.15) is 5.69 Å². The van der Waals surface area contributed by atoms with Crippen molar-refractivity contribution < 1.29 is 28.4 Å². The second kappa shape index (κ2) is 7.99. The number of aromatic nitrogens is 1. The van der Waals surface area contributed by atoms with Crippen molar-refractivity contribution in [1.29, 1.82) is 0 Å². The lowest BCUT2D eigenvalue weighted by atomic mass is 9.97. The van der Waals surface area contributed by atoms with Gasteiger partial charge in [0.15, 0.2) is 12.2 Å². The largest absolute Gasteiger partial charge is 0.469 e. The molecule has 2 aromatic rings. The lowest BCUT2D eigenvalue weighted by molar-refractivity contribution is -0.153. The summed E-state index contributed by atoms with van der Waals surface area (Å²) < 4.78 is 14.9. The molecule has 0 bridgehead atoms. The predicted octanol–water partition coefficient (Wildman–Crippen LogP) is 1.33. The number of para-hydroxylation sites is 1. The van der Waals surface area contributed by atoms with Gasteiger partial charge in [-0.25, -0.2) is 0 Å². The van der Waals surface area contributed by atoms with E-state index >= 15 is 0 Å². The fourth-order valence-electron chi connectivity index (χ4n) is 3.02. The molecule has 1 aromatic carbocycles. The second-order valence-corrected chi connectivity index (χ2v) is 6.14. The average Bonchev–Trinajstić information content (AvgIpc) is 3.08. The van der Waals surface area contributed by atoms with Crippen LogP contribution in [0.2, 0.25) is 0 Å². The first-order chi connectivity index (χ1) is 12.6. The Morgan fingerprint density at radius 1 is 1.23 bits per heavy atom. The molecule has 138 valence electrons. The molecule has 8 nitrogen and oxygen atoms in total. The Morgan fingerprint density at radius 3 is 2.69 bits per heavy atom. The Hall–Kier alpha value is -2.90. The van der Waals surface area contributed by atoms with Crippen LogP contribution in [0.4, 0.5) is 0 Å². The number of piperidine rings is 1. The Kier molecular flexibility index (Phi) is 5.50. The number of likely N-dealkylation sites (tertiary alicyclic amines) is 1. The topological polar surface area (TPSA) is 98.9 Å². The summed E-state index contributed by atoms with van der Waals surface area (Å²) in [5.41, 5.74) is 1.08. The van der Waals surface area contributed by atoms with Crippen molar-refractivity contribution in [3.63, 3.8) is 0 Å². The van der Waals surface area contributed by atoms with Crippen molar-refractivity contribution in [1.82, 2.24) is 10.1 Å². The molecule has 3 rings (SSSR count). The van der Waals surface area contributed by atoms with E-state index in [4.69, 9.17) is 14.0 Å². The number of hydrogen-bond acceptors (Lipinski definition) is 7. The van der Waals surface area contributed by atoms with Gasteiger partial charge in [0.2, 0.25) is 0 Å². The molecular formula is C18H20N2O6. The van der Waals surface area contributed by atoms with Crippen LogP contribution in [0.15, 0.2) is 28.8 Å². The molecule has 0 spiro atoms. The maximum atomic E-state index is 12.2. The number of rotatable bonds is 5. The Bertz CT molecular complexity index is 807. The highest BCUT2D eigenvalue weighted by atomic mass is 16.5. The number of ether oxygens (including phenoxy) is 2. The molecule has 0 saturated carbocycles. The van der Waals surface area contributed by atoms with Gasteiger partial charge in [-0.3, -0.25) is 14.4 Å². The molecule has 8 heteroatoms. The number of amides is 1. The molecule has 2 heterocycles. The van der Waals surface area contributed by atoms with Crippen LogP contribution in [0.25, 0.3) is 11.0 Å². The third-order valence-electron chi connectivity index (χ3n) is 4.50. The third kappa shape index (κ3) is 4.01.